The molecule has 2 aliphatic heterocycles. The second kappa shape index (κ2) is 11.1. The van der Waals surface area contributed by atoms with Crippen molar-refractivity contribution < 1.29 is 9.53 Å². The summed E-state index contributed by atoms with van der Waals surface area (Å²) >= 11 is 0. The maximum Gasteiger partial charge on any atom is 0.293 e. The maximum absolute atomic E-state index is 12.9. The highest BCUT2D eigenvalue weighted by atomic mass is 16.5. The highest BCUT2D eigenvalue weighted by Crippen LogP contribution is 2.36. The number of ether oxygens (including phenoxy) is 1. The van der Waals surface area contributed by atoms with Crippen LogP contribution in [-0.4, -0.2) is 42.8 Å². The Morgan fingerprint density at radius 2 is 2.03 bits per heavy atom. The molecule has 6 heteroatoms. The molecule has 4 rings (SSSR count). The summed E-state index contributed by atoms with van der Waals surface area (Å²) in [5, 5.41) is 3.06. The second-order valence-electron chi connectivity index (χ2n) is 9.89. The van der Waals surface area contributed by atoms with Gasteiger partial charge in [0.05, 0.1) is 5.60 Å². The van der Waals surface area contributed by atoms with Gasteiger partial charge >= 0.3 is 0 Å². The Balaban J connectivity index is 1.48. The van der Waals surface area contributed by atoms with Gasteiger partial charge in [-0.3, -0.25) is 4.79 Å². The molecule has 6 nitrogen and oxygen atoms in total. The fourth-order valence-electron chi connectivity index (χ4n) is 4.91. The molecule has 1 aromatic rings. The van der Waals surface area contributed by atoms with Gasteiger partial charge in [0.25, 0.3) is 11.7 Å². The largest absolute Gasteiger partial charge is 0.371 e. The van der Waals surface area contributed by atoms with Gasteiger partial charge in [0, 0.05) is 30.8 Å². The van der Waals surface area contributed by atoms with Crippen LogP contribution < -0.4 is 5.32 Å². The van der Waals surface area contributed by atoms with Crippen molar-refractivity contribution in [1.29, 1.82) is 0 Å². The number of benzene rings is 1. The summed E-state index contributed by atoms with van der Waals surface area (Å²) in [7, 11) is 0. The van der Waals surface area contributed by atoms with Crippen molar-refractivity contribution >= 4 is 22.9 Å². The number of nitrogens with zero attached hydrogens (tertiary/aromatic N) is 3. The van der Waals surface area contributed by atoms with E-state index in [0.717, 1.165) is 55.6 Å². The van der Waals surface area contributed by atoms with Gasteiger partial charge in [-0.05, 0) is 95.2 Å². The number of anilines is 1. The molecule has 3 aliphatic rings. The van der Waals surface area contributed by atoms with Crippen LogP contribution in [-0.2, 0) is 15.1 Å². The standard InChI is InChI=1S/C28H36N4O2/c1-28(2,34-19-9-18-32-16-7-8-17-32)22-12-13-24(23(20-22)21-10-5-4-6-11-21)31-27(33)25-14-15-26(29-3)30-25/h10,12-13,15,20H,4-9,11,14,16-19H2,1-2H3,(H,31,33). The third kappa shape index (κ3) is 6.02. The fraction of sp³-hybridized carbons (Fsp3) is 0.536. The lowest BCUT2D eigenvalue weighted by Gasteiger charge is -2.28. The van der Waals surface area contributed by atoms with Crippen molar-refractivity contribution in [1.82, 2.24) is 4.90 Å². The number of aliphatic imine (C=N–C) groups is 1. The summed E-state index contributed by atoms with van der Waals surface area (Å²) in [4.78, 5) is 22.8. The lowest BCUT2D eigenvalue weighted by atomic mass is 9.88. The molecule has 1 N–H and O–H groups in total. The Morgan fingerprint density at radius 1 is 1.21 bits per heavy atom. The third-order valence-corrected chi connectivity index (χ3v) is 6.98. The molecule has 0 saturated carbocycles. The van der Waals surface area contributed by atoms with Crippen LogP contribution in [0, 0.1) is 6.57 Å². The van der Waals surface area contributed by atoms with Gasteiger partial charge < -0.3 is 19.8 Å². The number of carbonyl (C=O) groups is 1. The summed E-state index contributed by atoms with van der Waals surface area (Å²) in [6, 6.07) is 6.24. The summed E-state index contributed by atoms with van der Waals surface area (Å²) in [5.74, 6) is 0.0528. The minimum absolute atomic E-state index is 0.238. The molecule has 1 aliphatic carbocycles. The molecular formula is C28H36N4O2. The van der Waals surface area contributed by atoms with Crippen LogP contribution in [0.1, 0.15) is 76.3 Å². The minimum Gasteiger partial charge on any atom is -0.371 e. The van der Waals surface area contributed by atoms with Crippen LogP contribution in [0.4, 0.5) is 5.69 Å². The van der Waals surface area contributed by atoms with E-state index >= 15 is 0 Å². The molecule has 0 atom stereocenters. The molecule has 180 valence electrons. The molecule has 0 unspecified atom stereocenters. The molecule has 1 aromatic carbocycles. The van der Waals surface area contributed by atoms with Gasteiger partial charge in [-0.25, -0.2) is 0 Å². The monoisotopic (exact) mass is 460 g/mol. The van der Waals surface area contributed by atoms with Gasteiger partial charge in [0.15, 0.2) is 5.71 Å². The zero-order chi connectivity index (χ0) is 24.0. The topological polar surface area (TPSA) is 58.3 Å². The average Bonchev–Trinajstić information content (AvgIpc) is 3.55. The number of carbonyl (C=O) groups excluding carboxylic acids is 1. The number of amides is 1. The Labute approximate surface area is 203 Å². The molecule has 1 amide bonds. The van der Waals surface area contributed by atoms with Gasteiger partial charge in [0.2, 0.25) is 0 Å². The van der Waals surface area contributed by atoms with E-state index in [1.165, 1.54) is 37.9 Å². The van der Waals surface area contributed by atoms with Crippen LogP contribution in [0.15, 0.2) is 41.2 Å². The third-order valence-electron chi connectivity index (χ3n) is 6.98. The fourth-order valence-corrected chi connectivity index (χ4v) is 4.91. The first-order chi connectivity index (χ1) is 16.5. The van der Waals surface area contributed by atoms with Crippen LogP contribution in [0.3, 0.4) is 0 Å². The molecule has 2 heterocycles. The SMILES string of the molecule is [C-]#[N+]C1=CCC(C(=O)Nc2ccc(C(C)(C)OCCCN3CCCC3)cc2C2=CCCCC2)=N1. The minimum atomic E-state index is -0.415. The molecule has 1 saturated heterocycles. The second-order valence-corrected chi connectivity index (χ2v) is 9.89. The van der Waals surface area contributed by atoms with E-state index in [-0.39, 0.29) is 5.91 Å². The van der Waals surface area contributed by atoms with Gasteiger partial charge in [-0.15, -0.1) is 4.99 Å². The first-order valence-corrected chi connectivity index (χ1v) is 12.6. The highest BCUT2D eigenvalue weighted by molar-refractivity contribution is 6.44. The first kappa shape index (κ1) is 24.4. The van der Waals surface area contributed by atoms with Gasteiger partial charge in [-0.2, -0.15) is 0 Å². The van der Waals surface area contributed by atoms with E-state index in [1.807, 2.05) is 6.07 Å². The van der Waals surface area contributed by atoms with Gasteiger partial charge in [0.1, 0.15) is 0 Å². The molecule has 0 spiro atoms. The molecule has 0 bridgehead atoms. The van der Waals surface area contributed by atoms with Crippen LogP contribution in [0.5, 0.6) is 0 Å². The van der Waals surface area contributed by atoms with Crippen molar-refractivity contribution in [2.45, 2.75) is 70.8 Å². The van der Waals surface area contributed by atoms with Crippen molar-refractivity contribution in [3.63, 3.8) is 0 Å². The number of nitrogens with one attached hydrogen (secondary N) is 1. The Kier molecular flexibility index (Phi) is 7.97. The zero-order valence-electron chi connectivity index (χ0n) is 20.5. The quantitative estimate of drug-likeness (QED) is 0.367. The van der Waals surface area contributed by atoms with E-state index in [4.69, 9.17) is 11.3 Å². The average molecular weight is 461 g/mol. The molecule has 0 radical (unpaired) electrons. The normalized spacial score (nSPS) is 18.8. The molecule has 34 heavy (non-hydrogen) atoms. The van der Waals surface area contributed by atoms with Crippen molar-refractivity contribution in [2.75, 3.05) is 31.6 Å². The van der Waals surface area contributed by atoms with E-state index < -0.39 is 5.60 Å². The van der Waals surface area contributed by atoms with E-state index in [2.05, 4.69) is 52.1 Å². The predicted molar refractivity (Wildman–Crippen MR) is 138 cm³/mol. The van der Waals surface area contributed by atoms with Crippen molar-refractivity contribution in [3.8, 4) is 0 Å². The van der Waals surface area contributed by atoms with Crippen LogP contribution >= 0.6 is 0 Å². The van der Waals surface area contributed by atoms with Crippen molar-refractivity contribution in [3.05, 3.63) is 58.7 Å². The Hall–Kier alpha value is -2.75. The van der Waals surface area contributed by atoms with Crippen LogP contribution in [0.25, 0.3) is 10.4 Å². The van der Waals surface area contributed by atoms with Crippen molar-refractivity contribution in [2.24, 2.45) is 4.99 Å². The summed E-state index contributed by atoms with van der Waals surface area (Å²) in [5.41, 5.74) is 4.23. The summed E-state index contributed by atoms with van der Waals surface area (Å²) < 4.78 is 6.36. The summed E-state index contributed by atoms with van der Waals surface area (Å²) in [6.45, 7) is 15.6. The summed E-state index contributed by atoms with van der Waals surface area (Å²) in [6.07, 6.45) is 12.5. The number of hydrogen-bond donors (Lipinski definition) is 1. The Bertz CT molecular complexity index is 1040. The Morgan fingerprint density at radius 3 is 2.74 bits per heavy atom. The van der Waals surface area contributed by atoms with Gasteiger partial charge in [-0.1, -0.05) is 24.8 Å². The number of allylic oxidation sites excluding steroid dienone is 3. The lowest BCUT2D eigenvalue weighted by molar-refractivity contribution is -0.110. The number of likely N-dealkylation sites (tertiary alicyclic amines) is 1. The highest BCUT2D eigenvalue weighted by Gasteiger charge is 2.26. The molecule has 1 fully saturated rings. The zero-order valence-corrected chi connectivity index (χ0v) is 20.5. The predicted octanol–water partition coefficient (Wildman–Crippen LogP) is 5.93. The molecular weight excluding hydrogens is 424 g/mol. The lowest BCUT2D eigenvalue weighted by Crippen LogP contribution is -2.26. The van der Waals surface area contributed by atoms with E-state index in [1.54, 1.807) is 6.08 Å². The molecule has 0 aromatic heterocycles. The number of rotatable bonds is 9. The van der Waals surface area contributed by atoms with E-state index in [9.17, 15) is 4.79 Å². The maximum atomic E-state index is 12.9. The smallest absolute Gasteiger partial charge is 0.293 e. The number of hydrogen-bond acceptors (Lipinski definition) is 4. The van der Waals surface area contributed by atoms with E-state index in [0.29, 0.717) is 18.0 Å². The van der Waals surface area contributed by atoms with Crippen LogP contribution in [0.2, 0.25) is 0 Å². The first-order valence-electron chi connectivity index (χ1n) is 12.6.